The van der Waals surface area contributed by atoms with Crippen LogP contribution in [0.3, 0.4) is 0 Å². The molecule has 0 bridgehead atoms. The molecule has 0 fully saturated rings. The van der Waals surface area contributed by atoms with Crippen LogP contribution in [0.25, 0.3) is 161 Å². The fourth-order valence-corrected chi connectivity index (χ4v) is 16.2. The van der Waals surface area contributed by atoms with E-state index in [1.807, 2.05) is 91.0 Å². The molecule has 1 N–H and O–H groups in total. The van der Waals surface area contributed by atoms with Crippen LogP contribution in [0.5, 0.6) is 0 Å². The number of benzene rings is 14. The highest BCUT2D eigenvalue weighted by Gasteiger charge is 2.40. The standard InChI is InChI=1S/C47H33N3.C25H19N.C22H15BrN2/c1-47(2)39-20-12-11-19-36(39)37-26-27-38-43-35-18-10-9-13-30(35)23-28-42(43)50(45(38)44(37)47)34-24-21-32(22-25-34)41-29-40(31-14-5-3-6-15-31)48-46(49-41)33-16-7-4-8-17-33;1-25(2)20-10-6-5-9-17(20)18-12-13-19-22-16-8-4-3-7-15(16)11-14-21(22)26-24(19)23(18)25;23-19-13-11-17(12-14-19)21-15-20(16-7-3-1-4-8-16)24-22(25-21)18-9-5-2-6-10-18/h3-29H,1-2H3;3-14,26H,1-2H3;1-15H. The minimum absolute atomic E-state index is 0.00210. The van der Waals surface area contributed by atoms with Crippen LogP contribution in [0.4, 0.5) is 0 Å². The molecule has 18 aromatic rings. The van der Waals surface area contributed by atoms with Crippen LogP contribution in [-0.4, -0.2) is 29.5 Å². The molecule has 0 atom stereocenters. The molecule has 4 heterocycles. The molecule has 101 heavy (non-hydrogen) atoms. The molecule has 0 spiro atoms. The van der Waals surface area contributed by atoms with E-state index in [0.29, 0.717) is 0 Å². The van der Waals surface area contributed by atoms with Gasteiger partial charge in [0.1, 0.15) is 0 Å². The van der Waals surface area contributed by atoms with Gasteiger partial charge in [-0.05, 0) is 115 Å². The van der Waals surface area contributed by atoms with Gasteiger partial charge < -0.3 is 9.55 Å². The van der Waals surface area contributed by atoms with E-state index in [1.54, 1.807) is 0 Å². The first-order valence-electron chi connectivity index (χ1n) is 34.5. The number of nitrogens with zero attached hydrogens (tertiary/aromatic N) is 5. The minimum Gasteiger partial charge on any atom is -0.354 e. The average molecular weight is 1360 g/mol. The fourth-order valence-electron chi connectivity index (χ4n) is 15.9. The molecule has 0 aliphatic heterocycles. The second-order valence-electron chi connectivity index (χ2n) is 27.4. The fraction of sp³-hybridized carbons (Fsp3) is 0.0638. The monoisotopic (exact) mass is 1360 g/mol. The van der Waals surface area contributed by atoms with Gasteiger partial charge >= 0.3 is 0 Å². The lowest BCUT2D eigenvalue weighted by Gasteiger charge is -2.23. The van der Waals surface area contributed by atoms with Gasteiger partial charge in [0.15, 0.2) is 11.6 Å². The zero-order valence-corrected chi connectivity index (χ0v) is 57.9. The summed E-state index contributed by atoms with van der Waals surface area (Å²) < 4.78 is 3.55. The molecule has 480 valence electrons. The first-order valence-corrected chi connectivity index (χ1v) is 35.3. The molecule has 0 radical (unpaired) electrons. The molecule has 7 heteroatoms. The minimum atomic E-state index is -0.157. The van der Waals surface area contributed by atoms with Crippen molar-refractivity contribution >= 4 is 81.1 Å². The Balaban J connectivity index is 0.000000120. The Morgan fingerprint density at radius 2 is 0.723 bits per heavy atom. The maximum absolute atomic E-state index is 5.10. The highest BCUT2D eigenvalue weighted by atomic mass is 79.9. The van der Waals surface area contributed by atoms with E-state index in [2.05, 4.69) is 290 Å². The van der Waals surface area contributed by atoms with E-state index in [9.17, 15) is 0 Å². The summed E-state index contributed by atoms with van der Waals surface area (Å²) in [5.41, 5.74) is 26.9. The second-order valence-corrected chi connectivity index (χ2v) is 28.3. The van der Waals surface area contributed by atoms with E-state index in [1.165, 1.54) is 110 Å². The predicted molar refractivity (Wildman–Crippen MR) is 425 cm³/mol. The number of halogens is 1. The summed E-state index contributed by atoms with van der Waals surface area (Å²) in [4.78, 5) is 23.5. The van der Waals surface area contributed by atoms with Crippen molar-refractivity contribution in [3.05, 3.63) is 354 Å². The summed E-state index contributed by atoms with van der Waals surface area (Å²) in [5, 5.41) is 10.4. The number of fused-ring (bicyclic) bond motifs is 18. The molecule has 2 aliphatic carbocycles. The Kier molecular flexibility index (Phi) is 15.0. The molecule has 4 aromatic heterocycles. The number of aromatic amines is 1. The van der Waals surface area contributed by atoms with Crippen LogP contribution >= 0.6 is 15.9 Å². The summed E-state index contributed by atoms with van der Waals surface area (Å²) in [7, 11) is 0. The van der Waals surface area contributed by atoms with E-state index < -0.39 is 0 Å². The molecule has 20 rings (SSSR count). The Labute approximate surface area is 595 Å². The van der Waals surface area contributed by atoms with Crippen molar-refractivity contribution in [2.24, 2.45) is 0 Å². The maximum Gasteiger partial charge on any atom is 0.160 e. The smallest absolute Gasteiger partial charge is 0.160 e. The van der Waals surface area contributed by atoms with Crippen LogP contribution in [0.2, 0.25) is 0 Å². The number of nitrogens with one attached hydrogen (secondary N) is 1. The molecule has 6 nitrogen and oxygen atoms in total. The molecule has 0 saturated heterocycles. The van der Waals surface area contributed by atoms with Gasteiger partial charge in [-0.3, -0.25) is 0 Å². The summed E-state index contributed by atoms with van der Waals surface area (Å²) >= 11 is 3.49. The SMILES string of the molecule is Brc1ccc(-c2cc(-c3ccccc3)nc(-c3ccccc3)n2)cc1.CC1(C)c2ccccc2-c2ccc3c([nH]c4ccc5ccccc5c43)c21.CC1(C)c2ccccc2-c2ccc3c4c5ccccc5ccc4n(-c4ccc(-c5cc(-c6ccccc6)nc(-c6ccccc6)n5)cc4)c3c21. The molecular formula is C94H67BrN6. The van der Waals surface area contributed by atoms with Gasteiger partial charge in [0.2, 0.25) is 0 Å². The van der Waals surface area contributed by atoms with Gasteiger partial charge in [0.05, 0.1) is 39.3 Å². The molecular weight excluding hydrogens is 1290 g/mol. The normalized spacial score (nSPS) is 13.0. The molecule has 0 saturated carbocycles. The largest absolute Gasteiger partial charge is 0.354 e. The molecule has 14 aromatic carbocycles. The highest BCUT2D eigenvalue weighted by Crippen LogP contribution is 2.55. The van der Waals surface area contributed by atoms with Crippen molar-refractivity contribution in [1.82, 2.24) is 29.5 Å². The van der Waals surface area contributed by atoms with Crippen molar-refractivity contribution in [1.29, 1.82) is 0 Å². The average Bonchev–Trinajstić information content (AvgIpc) is 1.54. The Hall–Kier alpha value is -12.2. The number of hydrogen-bond donors (Lipinski definition) is 1. The van der Waals surface area contributed by atoms with Crippen LogP contribution in [0.15, 0.2) is 332 Å². The lowest BCUT2D eigenvalue weighted by molar-refractivity contribution is 0.664. The zero-order valence-electron chi connectivity index (χ0n) is 56.3. The number of rotatable bonds is 7. The Morgan fingerprint density at radius 3 is 1.25 bits per heavy atom. The summed E-state index contributed by atoms with van der Waals surface area (Å²) in [6.45, 7) is 9.45. The maximum atomic E-state index is 5.10. The van der Waals surface area contributed by atoms with E-state index >= 15 is 0 Å². The molecule has 0 amide bonds. The van der Waals surface area contributed by atoms with Gasteiger partial charge in [-0.1, -0.05) is 323 Å². The highest BCUT2D eigenvalue weighted by molar-refractivity contribution is 9.10. The van der Waals surface area contributed by atoms with Crippen LogP contribution in [0.1, 0.15) is 49.9 Å². The third kappa shape index (κ3) is 10.5. The van der Waals surface area contributed by atoms with E-state index in [-0.39, 0.29) is 10.8 Å². The third-order valence-electron chi connectivity index (χ3n) is 20.7. The Morgan fingerprint density at radius 1 is 0.317 bits per heavy atom. The summed E-state index contributed by atoms with van der Waals surface area (Å²) in [5.74, 6) is 1.46. The summed E-state index contributed by atoms with van der Waals surface area (Å²) in [6, 6.07) is 116. The number of hydrogen-bond acceptors (Lipinski definition) is 4. The van der Waals surface area contributed by atoms with E-state index in [4.69, 9.17) is 19.9 Å². The van der Waals surface area contributed by atoms with Gasteiger partial charge in [0, 0.05) is 81.4 Å². The lowest BCUT2D eigenvalue weighted by Crippen LogP contribution is -2.16. The van der Waals surface area contributed by atoms with Gasteiger partial charge in [-0.2, -0.15) is 0 Å². The van der Waals surface area contributed by atoms with Crippen molar-refractivity contribution in [3.63, 3.8) is 0 Å². The van der Waals surface area contributed by atoms with Crippen LogP contribution < -0.4 is 0 Å². The topological polar surface area (TPSA) is 72.3 Å². The molecule has 2 aliphatic rings. The van der Waals surface area contributed by atoms with Crippen LogP contribution in [-0.2, 0) is 10.8 Å². The summed E-state index contributed by atoms with van der Waals surface area (Å²) in [6.07, 6.45) is 0. The van der Waals surface area contributed by atoms with E-state index in [0.717, 1.165) is 78.0 Å². The number of H-pyrrole nitrogens is 1. The predicted octanol–water partition coefficient (Wildman–Crippen LogP) is 25.1. The first kappa shape index (κ1) is 61.2. The van der Waals surface area contributed by atoms with Crippen molar-refractivity contribution in [3.8, 4) is 95.7 Å². The lowest BCUT2D eigenvalue weighted by atomic mass is 9.81. The van der Waals surface area contributed by atoms with Crippen LogP contribution in [0, 0.1) is 0 Å². The first-order chi connectivity index (χ1) is 49.5. The second kappa shape index (κ2) is 24.7. The van der Waals surface area contributed by atoms with Crippen molar-refractivity contribution in [2.75, 3.05) is 0 Å². The zero-order chi connectivity index (χ0) is 67.9. The quantitative estimate of drug-likeness (QED) is 0.173. The third-order valence-corrected chi connectivity index (χ3v) is 21.3. The van der Waals surface area contributed by atoms with Crippen molar-refractivity contribution < 1.29 is 0 Å². The van der Waals surface area contributed by atoms with Gasteiger partial charge in [-0.25, -0.2) is 19.9 Å². The Bertz CT molecular complexity index is 6120. The van der Waals surface area contributed by atoms with Gasteiger partial charge in [-0.15, -0.1) is 0 Å². The van der Waals surface area contributed by atoms with Crippen molar-refractivity contribution in [2.45, 2.75) is 38.5 Å². The number of aromatic nitrogens is 6. The van der Waals surface area contributed by atoms with Gasteiger partial charge in [0.25, 0.3) is 0 Å². The molecule has 0 unspecified atom stereocenters.